The first-order valence-electron chi connectivity index (χ1n) is 20.4. The molecule has 0 aliphatic carbocycles. The molecule has 0 amide bonds. The normalized spacial score (nSPS) is 11.9. The van der Waals surface area contributed by atoms with Crippen molar-refractivity contribution in [3.8, 4) is 51.0 Å². The van der Waals surface area contributed by atoms with Crippen molar-refractivity contribution in [1.29, 1.82) is 0 Å². The van der Waals surface area contributed by atoms with Crippen LogP contribution in [0.4, 0.5) is 0 Å². The van der Waals surface area contributed by atoms with Gasteiger partial charge in [-0.05, 0) is 76.5 Å². The van der Waals surface area contributed by atoms with Crippen LogP contribution in [0, 0.1) is 0 Å². The summed E-state index contributed by atoms with van der Waals surface area (Å²) >= 11 is 1.77. The molecule has 0 N–H and O–H groups in total. The summed E-state index contributed by atoms with van der Waals surface area (Å²) < 4.78 is 11.7. The molecule has 13 rings (SSSR count). The van der Waals surface area contributed by atoms with Crippen LogP contribution in [-0.4, -0.2) is 19.5 Å². The van der Waals surface area contributed by atoms with E-state index in [2.05, 4.69) is 180 Å². The Kier molecular flexibility index (Phi) is 7.41. The predicted octanol–water partition coefficient (Wildman–Crippen LogP) is 15.1. The summed E-state index contributed by atoms with van der Waals surface area (Å²) in [5.41, 5.74) is 9.53. The van der Waals surface area contributed by atoms with Crippen molar-refractivity contribution in [2.24, 2.45) is 0 Å². The van der Waals surface area contributed by atoms with Gasteiger partial charge >= 0.3 is 0 Å². The maximum atomic E-state index is 6.94. The van der Waals surface area contributed by atoms with E-state index in [1.54, 1.807) is 11.3 Å². The van der Waals surface area contributed by atoms with Crippen molar-refractivity contribution < 1.29 is 4.42 Å². The predicted molar refractivity (Wildman–Crippen MR) is 254 cm³/mol. The van der Waals surface area contributed by atoms with Crippen molar-refractivity contribution in [2.75, 3.05) is 0 Å². The van der Waals surface area contributed by atoms with Crippen molar-refractivity contribution >= 4 is 86.0 Å². The fourth-order valence-electron chi connectivity index (χ4n) is 9.22. The molecular weight excluding hydrogens is 765 g/mol. The summed E-state index contributed by atoms with van der Waals surface area (Å²) in [7, 11) is 0. The van der Waals surface area contributed by atoms with Crippen molar-refractivity contribution in [1.82, 2.24) is 19.5 Å². The van der Waals surface area contributed by atoms with Crippen LogP contribution in [-0.2, 0) is 0 Å². The molecule has 13 aromatic rings. The number of fused-ring (bicyclic) bond motifs is 10. The fourth-order valence-corrected chi connectivity index (χ4v) is 10.4. The quantitative estimate of drug-likeness (QED) is 0.174. The highest BCUT2D eigenvalue weighted by atomic mass is 32.1. The molecule has 0 saturated carbocycles. The lowest BCUT2D eigenvalue weighted by Crippen LogP contribution is -2.04. The monoisotopic (exact) mass is 796 g/mol. The van der Waals surface area contributed by atoms with Gasteiger partial charge in [0.25, 0.3) is 0 Å². The molecule has 0 fully saturated rings. The molecular formula is C55H32N4OS. The molecule has 4 heterocycles. The van der Waals surface area contributed by atoms with Crippen molar-refractivity contribution in [3.05, 3.63) is 194 Å². The molecule has 9 aromatic carbocycles. The van der Waals surface area contributed by atoms with Crippen molar-refractivity contribution in [2.45, 2.75) is 0 Å². The molecule has 0 atom stereocenters. The second-order valence-electron chi connectivity index (χ2n) is 15.5. The van der Waals surface area contributed by atoms with Crippen LogP contribution in [0.5, 0.6) is 0 Å². The number of hydrogen-bond donors (Lipinski definition) is 0. The molecule has 6 heteroatoms. The first-order valence-corrected chi connectivity index (χ1v) is 21.2. The maximum Gasteiger partial charge on any atom is 0.170 e. The SMILES string of the molecule is c1ccc(-c2cccc(-c3nc(-c4c(-n5c6ccccc6c6cc7ccccc7cc65)ccc5c4oc4ccccc45)nc(-c4cccc5c4sc4ccccc45)n3)c2)cc1. The molecule has 0 aliphatic heterocycles. The van der Waals surface area contributed by atoms with E-state index in [1.165, 1.54) is 37.0 Å². The molecule has 0 saturated heterocycles. The Balaban J connectivity index is 1.16. The average molecular weight is 797 g/mol. The Morgan fingerprint density at radius 2 is 1.08 bits per heavy atom. The minimum Gasteiger partial charge on any atom is -0.455 e. The number of thiophene rings is 1. The lowest BCUT2D eigenvalue weighted by molar-refractivity contribution is 0.669. The zero-order valence-electron chi connectivity index (χ0n) is 32.6. The third-order valence-electron chi connectivity index (χ3n) is 12.0. The maximum absolute atomic E-state index is 6.94. The number of para-hydroxylation sites is 2. The third-order valence-corrected chi connectivity index (χ3v) is 13.3. The van der Waals surface area contributed by atoms with Gasteiger partial charge in [-0.2, -0.15) is 0 Å². The van der Waals surface area contributed by atoms with Crippen LogP contribution in [0.25, 0.3) is 126 Å². The Morgan fingerprint density at radius 1 is 0.410 bits per heavy atom. The molecule has 0 bridgehead atoms. The lowest BCUT2D eigenvalue weighted by Gasteiger charge is -2.16. The Morgan fingerprint density at radius 3 is 1.98 bits per heavy atom. The zero-order chi connectivity index (χ0) is 40.0. The number of rotatable bonds is 5. The average Bonchev–Trinajstić information content (AvgIpc) is 4.00. The van der Waals surface area contributed by atoms with E-state index < -0.39 is 0 Å². The number of benzene rings is 9. The summed E-state index contributed by atoms with van der Waals surface area (Å²) in [5, 5.41) is 9.17. The van der Waals surface area contributed by atoms with Crippen LogP contribution < -0.4 is 0 Å². The highest BCUT2D eigenvalue weighted by Crippen LogP contribution is 2.44. The summed E-state index contributed by atoms with van der Waals surface area (Å²) in [4.78, 5) is 16.3. The van der Waals surface area contributed by atoms with Gasteiger partial charge in [-0.1, -0.05) is 140 Å². The summed E-state index contributed by atoms with van der Waals surface area (Å²) in [6, 6.07) is 68.5. The molecule has 0 radical (unpaired) electrons. The molecule has 5 nitrogen and oxygen atoms in total. The van der Waals surface area contributed by atoms with Crippen LogP contribution >= 0.6 is 11.3 Å². The number of furan rings is 1. The van der Waals surface area contributed by atoms with Crippen LogP contribution in [0.15, 0.2) is 199 Å². The van der Waals surface area contributed by atoms with E-state index in [0.29, 0.717) is 17.5 Å². The number of nitrogens with zero attached hydrogens (tertiary/aromatic N) is 4. The highest BCUT2D eigenvalue weighted by Gasteiger charge is 2.25. The van der Waals surface area contributed by atoms with E-state index >= 15 is 0 Å². The van der Waals surface area contributed by atoms with E-state index in [0.717, 1.165) is 71.2 Å². The van der Waals surface area contributed by atoms with E-state index in [-0.39, 0.29) is 0 Å². The van der Waals surface area contributed by atoms with Gasteiger partial charge < -0.3 is 8.98 Å². The minimum absolute atomic E-state index is 0.537. The number of aromatic nitrogens is 4. The third kappa shape index (κ3) is 5.29. The molecule has 0 spiro atoms. The van der Waals surface area contributed by atoms with E-state index in [1.807, 2.05) is 18.2 Å². The van der Waals surface area contributed by atoms with Gasteiger partial charge in [-0.3, -0.25) is 0 Å². The van der Waals surface area contributed by atoms with Gasteiger partial charge in [0.2, 0.25) is 0 Å². The van der Waals surface area contributed by atoms with E-state index in [4.69, 9.17) is 19.4 Å². The lowest BCUT2D eigenvalue weighted by atomic mass is 10.0. The van der Waals surface area contributed by atoms with Gasteiger partial charge in [0, 0.05) is 52.8 Å². The van der Waals surface area contributed by atoms with E-state index in [9.17, 15) is 0 Å². The summed E-state index contributed by atoms with van der Waals surface area (Å²) in [6.07, 6.45) is 0. The Bertz CT molecular complexity index is 3900. The van der Waals surface area contributed by atoms with Crippen LogP contribution in [0.3, 0.4) is 0 Å². The second kappa shape index (κ2) is 13.3. The molecule has 61 heavy (non-hydrogen) atoms. The van der Waals surface area contributed by atoms with Crippen molar-refractivity contribution in [3.63, 3.8) is 0 Å². The fraction of sp³-hybridized carbons (Fsp3) is 0. The first kappa shape index (κ1) is 34.0. The topological polar surface area (TPSA) is 56.7 Å². The van der Waals surface area contributed by atoms with Crippen LogP contribution in [0.1, 0.15) is 0 Å². The van der Waals surface area contributed by atoms with Crippen LogP contribution in [0.2, 0.25) is 0 Å². The Hall–Kier alpha value is -7.93. The zero-order valence-corrected chi connectivity index (χ0v) is 33.4. The van der Waals surface area contributed by atoms with Gasteiger partial charge in [-0.15, -0.1) is 11.3 Å². The standard InChI is InChI=1S/C55H32N4OS/c1-2-14-33(15-3-1)34-18-12-19-37(30-34)53-56-54(43-24-13-23-42-40-22-8-11-27-49(40)61-52(42)43)58-55(57-53)50-46(29-28-41-39-21-7-10-26-48(39)60-51(41)50)59-45-25-9-6-20-38(45)44-31-35-16-4-5-17-36(35)32-47(44)59/h1-32H. The largest absolute Gasteiger partial charge is 0.455 e. The highest BCUT2D eigenvalue weighted by molar-refractivity contribution is 7.26. The first-order chi connectivity index (χ1) is 30.2. The number of hydrogen-bond acceptors (Lipinski definition) is 5. The molecule has 4 aromatic heterocycles. The summed E-state index contributed by atoms with van der Waals surface area (Å²) in [5.74, 6) is 1.73. The van der Waals surface area contributed by atoms with Gasteiger partial charge in [0.05, 0.1) is 22.3 Å². The molecule has 284 valence electrons. The minimum atomic E-state index is 0.537. The summed E-state index contributed by atoms with van der Waals surface area (Å²) in [6.45, 7) is 0. The second-order valence-corrected chi connectivity index (χ2v) is 16.6. The van der Waals surface area contributed by atoms with Gasteiger partial charge in [-0.25, -0.2) is 15.0 Å². The molecule has 0 aliphatic rings. The smallest absolute Gasteiger partial charge is 0.170 e. The Labute approximate surface area is 353 Å². The van der Waals surface area contributed by atoms with Gasteiger partial charge in [0.15, 0.2) is 17.5 Å². The van der Waals surface area contributed by atoms with Gasteiger partial charge in [0.1, 0.15) is 11.2 Å². The molecule has 0 unspecified atom stereocenters.